The number of methoxy groups -OCH3 is 2. The largest absolute Gasteiger partial charge is 0.493 e. The first-order chi connectivity index (χ1) is 23.6. The number of benzene rings is 2. The molecule has 0 saturated carbocycles. The molecule has 14 heteroatoms. The molecule has 10 nitrogen and oxygen atoms in total. The van der Waals surface area contributed by atoms with Crippen LogP contribution in [0.3, 0.4) is 0 Å². The lowest BCUT2D eigenvalue weighted by Crippen LogP contribution is -2.53. The monoisotopic (exact) mass is 730 g/mol. The van der Waals surface area contributed by atoms with Gasteiger partial charge in [0, 0.05) is 28.1 Å². The third-order valence-electron chi connectivity index (χ3n) is 8.87. The SMILES string of the molecule is COc1ccc([C@H](Cc2c(Cl)c[n+](O)cc2Cl)OC(=O)c2ccc(CN(C(=O)O[C@H]3CN4CCC3CC4)c3ccccc3F)s2)cc1OC. The number of ether oxygens (including phenoxy) is 4. The number of thiophene rings is 1. The smallest absolute Gasteiger partial charge is 0.415 e. The number of amides is 1. The van der Waals surface area contributed by atoms with Gasteiger partial charge >= 0.3 is 12.1 Å². The number of hydrogen-bond acceptors (Lipinski definition) is 9. The summed E-state index contributed by atoms with van der Waals surface area (Å²) in [6.45, 7) is 2.63. The summed E-state index contributed by atoms with van der Waals surface area (Å²) in [6, 6.07) is 14.5. The molecule has 0 spiro atoms. The number of anilines is 1. The molecule has 5 heterocycles. The zero-order valence-corrected chi connectivity index (χ0v) is 29.1. The summed E-state index contributed by atoms with van der Waals surface area (Å²) < 4.78 is 38.7. The van der Waals surface area contributed by atoms with Crippen LogP contribution >= 0.6 is 34.5 Å². The zero-order chi connectivity index (χ0) is 34.7. The summed E-state index contributed by atoms with van der Waals surface area (Å²) in [5.41, 5.74) is 1.12. The first kappa shape index (κ1) is 34.8. The third-order valence-corrected chi connectivity index (χ3v) is 10.6. The number of para-hydroxylation sites is 1. The summed E-state index contributed by atoms with van der Waals surface area (Å²) in [6.07, 6.45) is 2.77. The van der Waals surface area contributed by atoms with Crippen LogP contribution in [-0.4, -0.2) is 62.1 Å². The predicted molar refractivity (Wildman–Crippen MR) is 182 cm³/mol. The fourth-order valence-electron chi connectivity index (χ4n) is 6.27. The molecular formula is C35H35Cl2FN3O7S+. The van der Waals surface area contributed by atoms with Crippen LogP contribution in [-0.2, 0) is 22.4 Å². The highest BCUT2D eigenvalue weighted by Gasteiger charge is 2.38. The van der Waals surface area contributed by atoms with E-state index in [9.17, 15) is 14.8 Å². The average molecular weight is 732 g/mol. The molecule has 3 aliphatic rings. The van der Waals surface area contributed by atoms with Crippen molar-refractivity contribution < 1.29 is 42.9 Å². The maximum atomic E-state index is 15.0. The van der Waals surface area contributed by atoms with E-state index in [-0.39, 0.29) is 45.6 Å². The van der Waals surface area contributed by atoms with E-state index in [0.29, 0.717) is 34.0 Å². The fourth-order valence-corrected chi connectivity index (χ4v) is 7.76. The minimum Gasteiger partial charge on any atom is -0.493 e. The van der Waals surface area contributed by atoms with Gasteiger partial charge in [0.1, 0.15) is 32.9 Å². The molecule has 2 bridgehead atoms. The molecule has 7 rings (SSSR count). The first-order valence-corrected chi connectivity index (χ1v) is 17.3. The Hall–Kier alpha value is -4.10. The van der Waals surface area contributed by atoms with Gasteiger partial charge in [-0.3, -0.25) is 15.0 Å². The van der Waals surface area contributed by atoms with Crippen molar-refractivity contribution >= 4 is 52.3 Å². The van der Waals surface area contributed by atoms with E-state index in [1.807, 2.05) is 0 Å². The van der Waals surface area contributed by atoms with Crippen molar-refractivity contribution in [3.8, 4) is 11.5 Å². The van der Waals surface area contributed by atoms with E-state index < -0.39 is 24.0 Å². The Balaban J connectivity index is 1.24. The number of esters is 1. The van der Waals surface area contributed by atoms with Gasteiger partial charge < -0.3 is 18.9 Å². The predicted octanol–water partition coefficient (Wildman–Crippen LogP) is 7.11. The van der Waals surface area contributed by atoms with Crippen LogP contribution in [0, 0.1) is 11.7 Å². The van der Waals surface area contributed by atoms with Crippen molar-refractivity contribution in [3.63, 3.8) is 0 Å². The second kappa shape index (κ2) is 15.2. The number of piperidine rings is 3. The van der Waals surface area contributed by atoms with Crippen LogP contribution in [0.25, 0.3) is 0 Å². The van der Waals surface area contributed by atoms with Gasteiger partial charge in [-0.25, -0.2) is 14.0 Å². The summed E-state index contributed by atoms with van der Waals surface area (Å²) in [4.78, 5) is 31.7. The third kappa shape index (κ3) is 7.88. The molecule has 3 saturated heterocycles. The Morgan fingerprint density at radius 2 is 1.76 bits per heavy atom. The zero-order valence-electron chi connectivity index (χ0n) is 26.8. The Kier molecular flexibility index (Phi) is 10.8. The minimum atomic E-state index is -0.881. The summed E-state index contributed by atoms with van der Waals surface area (Å²) >= 11 is 14.0. The lowest BCUT2D eigenvalue weighted by atomic mass is 9.86. The number of pyridine rings is 1. The number of hydrogen-bond donors (Lipinski definition) is 1. The minimum absolute atomic E-state index is 0.0195. The average Bonchev–Trinajstić information content (AvgIpc) is 3.57. The highest BCUT2D eigenvalue weighted by Crippen LogP contribution is 2.36. The van der Waals surface area contributed by atoms with Gasteiger partial charge in [0.2, 0.25) is 12.4 Å². The second-order valence-corrected chi connectivity index (χ2v) is 13.9. The molecule has 3 aliphatic heterocycles. The molecule has 3 fully saturated rings. The summed E-state index contributed by atoms with van der Waals surface area (Å²) in [5.74, 6) is -0.00160. The van der Waals surface area contributed by atoms with E-state index >= 15 is 4.39 Å². The molecule has 49 heavy (non-hydrogen) atoms. The topological polar surface area (TPSA) is 102 Å². The van der Waals surface area contributed by atoms with Gasteiger partial charge in [-0.15, -0.1) is 11.3 Å². The van der Waals surface area contributed by atoms with Crippen molar-refractivity contribution in [1.82, 2.24) is 4.90 Å². The van der Waals surface area contributed by atoms with Crippen molar-refractivity contribution in [1.29, 1.82) is 0 Å². The summed E-state index contributed by atoms with van der Waals surface area (Å²) in [7, 11) is 3.01. The lowest BCUT2D eigenvalue weighted by molar-refractivity contribution is -0.904. The van der Waals surface area contributed by atoms with Crippen molar-refractivity contribution in [2.75, 3.05) is 38.8 Å². The molecule has 1 amide bonds. The molecule has 0 unspecified atom stereocenters. The maximum absolute atomic E-state index is 15.0. The van der Waals surface area contributed by atoms with Crippen LogP contribution in [0.2, 0.25) is 10.0 Å². The van der Waals surface area contributed by atoms with E-state index in [2.05, 4.69) is 4.90 Å². The molecule has 0 aliphatic carbocycles. The van der Waals surface area contributed by atoms with Crippen LogP contribution < -0.4 is 19.1 Å². The fraction of sp³-hybridized carbons (Fsp3) is 0.343. The number of nitrogens with zero attached hydrogens (tertiary/aromatic N) is 3. The molecule has 0 radical (unpaired) electrons. The Morgan fingerprint density at radius 1 is 1.04 bits per heavy atom. The van der Waals surface area contributed by atoms with Crippen LogP contribution in [0.4, 0.5) is 14.9 Å². The van der Waals surface area contributed by atoms with Crippen molar-refractivity contribution in [2.24, 2.45) is 5.92 Å². The van der Waals surface area contributed by atoms with Gasteiger partial charge in [0.05, 0.1) is 26.5 Å². The van der Waals surface area contributed by atoms with Gasteiger partial charge in [0.15, 0.2) is 11.5 Å². The molecule has 4 aromatic rings. The van der Waals surface area contributed by atoms with E-state index in [0.717, 1.165) is 42.0 Å². The molecule has 2 aromatic heterocycles. The van der Waals surface area contributed by atoms with Gasteiger partial charge in [-0.2, -0.15) is 0 Å². The van der Waals surface area contributed by atoms with Crippen LogP contribution in [0.1, 0.15) is 44.6 Å². The number of halogens is 3. The number of aromatic nitrogens is 1. The maximum Gasteiger partial charge on any atom is 0.415 e. The first-order valence-electron chi connectivity index (χ1n) is 15.7. The van der Waals surface area contributed by atoms with E-state index in [1.165, 1.54) is 43.6 Å². The van der Waals surface area contributed by atoms with Crippen LogP contribution in [0.15, 0.2) is 67.0 Å². The van der Waals surface area contributed by atoms with Gasteiger partial charge in [-0.1, -0.05) is 41.4 Å². The molecule has 2 atom stereocenters. The molecule has 2 aromatic carbocycles. The highest BCUT2D eigenvalue weighted by molar-refractivity contribution is 7.14. The Morgan fingerprint density at radius 3 is 2.41 bits per heavy atom. The number of rotatable bonds is 11. The van der Waals surface area contributed by atoms with Gasteiger partial charge in [-0.05, 0) is 73.8 Å². The number of carbonyl (C=O) groups is 2. The normalized spacial score (nSPS) is 18.8. The van der Waals surface area contributed by atoms with Crippen molar-refractivity contribution in [3.05, 3.63) is 104 Å². The number of carbonyl (C=O) groups excluding carboxylic acids is 2. The highest BCUT2D eigenvalue weighted by atomic mass is 35.5. The molecule has 258 valence electrons. The molecule has 1 N–H and O–H groups in total. The quantitative estimate of drug-likeness (QED) is 0.0990. The summed E-state index contributed by atoms with van der Waals surface area (Å²) in [5, 5.41) is 10.2. The molecular weight excluding hydrogens is 696 g/mol. The lowest BCUT2D eigenvalue weighted by Gasteiger charge is -2.44. The Bertz CT molecular complexity index is 1810. The van der Waals surface area contributed by atoms with E-state index in [1.54, 1.807) is 42.5 Å². The van der Waals surface area contributed by atoms with E-state index in [4.69, 9.17) is 42.1 Å². The van der Waals surface area contributed by atoms with Crippen molar-refractivity contribution in [2.45, 2.75) is 38.0 Å². The van der Waals surface area contributed by atoms with Crippen LogP contribution in [0.5, 0.6) is 11.5 Å². The van der Waals surface area contributed by atoms with Gasteiger partial charge in [0.25, 0.3) is 0 Å². The standard InChI is InChI=1S/C35H35Cl2FN3O7S/c1-45-29-9-7-22(15-31(29)46-2)30(16-24-25(36)18-40(44)19-26(24)37)47-34(42)33-10-8-23(49-33)17-41(28-6-4-3-5-27(28)38)35(43)48-32-20-39-13-11-21(32)12-14-39/h3-10,15,18-19,21,30,32,44H,11-14,16-17,20H2,1-2H3/q+1/t30-,32-/m0/s1. The second-order valence-electron chi connectivity index (χ2n) is 11.9. The number of fused-ring (bicyclic) bond motifs is 3. The Labute approximate surface area is 297 Å².